The monoisotopic (exact) mass is 396 g/mol. The van der Waals surface area contributed by atoms with Crippen LogP contribution >= 0.6 is 11.3 Å². The third-order valence-corrected chi connectivity index (χ3v) is 4.97. The number of allylic oxidation sites excluding steroid dienone is 2. The van der Waals surface area contributed by atoms with Gasteiger partial charge in [0.1, 0.15) is 0 Å². The number of fused-ring (bicyclic) bond motifs is 3. The van der Waals surface area contributed by atoms with Crippen LogP contribution in [0.2, 0.25) is 0 Å². The lowest BCUT2D eigenvalue weighted by Gasteiger charge is -2.22. The first-order valence-electron chi connectivity index (χ1n) is 7.07. The molecule has 0 radical (unpaired) electrons. The molecule has 0 aliphatic heterocycles. The van der Waals surface area contributed by atoms with Gasteiger partial charge in [0.25, 0.3) is 0 Å². The number of rotatable bonds is 0. The van der Waals surface area contributed by atoms with E-state index in [1.807, 2.05) is 11.3 Å². The Bertz CT molecular complexity index is 926. The lowest BCUT2D eigenvalue weighted by atomic mass is 10.2. The number of benzene rings is 2. The summed E-state index contributed by atoms with van der Waals surface area (Å²) in [5.74, 6) is -24.5. The average Bonchev–Trinajstić information content (AvgIpc) is 3.01. The molecule has 0 bridgehead atoms. The highest BCUT2D eigenvalue weighted by molar-refractivity contribution is 7.25. The Hall–Kier alpha value is -2.16. The van der Waals surface area contributed by atoms with Crippen molar-refractivity contribution in [2.24, 2.45) is 0 Å². The van der Waals surface area contributed by atoms with Crippen molar-refractivity contribution < 1.29 is 35.1 Å². The maximum atomic E-state index is 12.0. The second kappa shape index (κ2) is 5.94. The molecular weight excluding hydrogens is 388 g/mol. The van der Waals surface area contributed by atoms with Crippen molar-refractivity contribution in [1.82, 2.24) is 0 Å². The molecular formula is C17H8F8S. The summed E-state index contributed by atoms with van der Waals surface area (Å²) in [5, 5.41) is 2.76. The number of thiophene rings is 1. The second-order valence-corrected chi connectivity index (χ2v) is 6.53. The standard InChI is InChI=1S/C12H8S.C5F8/c1-3-7-11-9(5-1)10-6-2-4-8-12(10)13-11;6-1-2(7)4(10,11)5(12,13)3(1,8)9/h1-8H;. The van der Waals surface area contributed by atoms with Crippen LogP contribution in [0, 0.1) is 0 Å². The minimum atomic E-state index is -6.06. The Kier molecular flexibility index (Phi) is 4.25. The van der Waals surface area contributed by atoms with Crippen LogP contribution in [0.4, 0.5) is 35.1 Å². The molecule has 1 aromatic heterocycles. The summed E-state index contributed by atoms with van der Waals surface area (Å²) in [7, 11) is 0. The SMILES string of the molecule is FC1=C(F)C(F)(F)C(F)(F)C1(F)F.c1ccc2c(c1)sc1ccccc12. The molecule has 0 atom stereocenters. The predicted octanol–water partition coefficient (Wildman–Crippen LogP) is 7.11. The maximum Gasteiger partial charge on any atom is 0.385 e. The van der Waals surface area contributed by atoms with E-state index in [0.717, 1.165) is 0 Å². The van der Waals surface area contributed by atoms with Crippen LogP contribution in [0.25, 0.3) is 20.2 Å². The van der Waals surface area contributed by atoms with Crippen molar-refractivity contribution in [3.63, 3.8) is 0 Å². The number of alkyl halides is 6. The minimum Gasteiger partial charge on any atom is -0.202 e. The first-order chi connectivity index (χ1) is 12.0. The van der Waals surface area contributed by atoms with Crippen LogP contribution in [-0.2, 0) is 0 Å². The Balaban J connectivity index is 0.000000151. The van der Waals surface area contributed by atoms with E-state index >= 15 is 0 Å². The van der Waals surface area contributed by atoms with Crippen molar-refractivity contribution in [2.45, 2.75) is 17.8 Å². The van der Waals surface area contributed by atoms with E-state index in [4.69, 9.17) is 0 Å². The third kappa shape index (κ3) is 2.48. The van der Waals surface area contributed by atoms with Crippen molar-refractivity contribution in [3.8, 4) is 0 Å². The summed E-state index contributed by atoms with van der Waals surface area (Å²) >= 11 is 1.86. The summed E-state index contributed by atoms with van der Waals surface area (Å²) in [6.45, 7) is 0. The summed E-state index contributed by atoms with van der Waals surface area (Å²) in [6, 6.07) is 17.1. The van der Waals surface area contributed by atoms with Gasteiger partial charge in [0.2, 0.25) is 11.7 Å². The highest BCUT2D eigenvalue weighted by Gasteiger charge is 2.82. The minimum absolute atomic E-state index is 1.38. The van der Waals surface area contributed by atoms with E-state index < -0.39 is 29.4 Å². The summed E-state index contributed by atoms with van der Waals surface area (Å²) in [4.78, 5) is 0. The van der Waals surface area contributed by atoms with Gasteiger partial charge < -0.3 is 0 Å². The maximum absolute atomic E-state index is 12.0. The first-order valence-corrected chi connectivity index (χ1v) is 7.89. The number of halogens is 8. The second-order valence-electron chi connectivity index (χ2n) is 5.45. The fourth-order valence-electron chi connectivity index (χ4n) is 2.42. The fraction of sp³-hybridized carbons (Fsp3) is 0.176. The molecule has 0 N–H and O–H groups in total. The molecule has 0 amide bonds. The largest absolute Gasteiger partial charge is 0.385 e. The fourth-order valence-corrected chi connectivity index (χ4v) is 3.53. The van der Waals surface area contributed by atoms with Gasteiger partial charge in [0, 0.05) is 20.2 Å². The highest BCUT2D eigenvalue weighted by atomic mass is 32.1. The van der Waals surface area contributed by atoms with E-state index in [0.29, 0.717) is 0 Å². The van der Waals surface area contributed by atoms with Crippen molar-refractivity contribution >= 4 is 31.5 Å². The lowest BCUT2D eigenvalue weighted by Crippen LogP contribution is -2.48. The van der Waals surface area contributed by atoms with Crippen molar-refractivity contribution in [3.05, 3.63) is 60.2 Å². The Morgan fingerprint density at radius 1 is 0.577 bits per heavy atom. The molecule has 0 nitrogen and oxygen atoms in total. The molecule has 0 spiro atoms. The molecule has 0 unspecified atom stereocenters. The summed E-state index contributed by atoms with van der Waals surface area (Å²) in [5.41, 5.74) is 0. The van der Waals surface area contributed by atoms with E-state index in [1.165, 1.54) is 20.2 Å². The molecule has 9 heteroatoms. The molecule has 138 valence electrons. The van der Waals surface area contributed by atoms with Gasteiger partial charge in [-0.3, -0.25) is 0 Å². The van der Waals surface area contributed by atoms with Crippen molar-refractivity contribution in [1.29, 1.82) is 0 Å². The molecule has 4 rings (SSSR count). The molecule has 1 heterocycles. The Labute approximate surface area is 145 Å². The van der Waals surface area contributed by atoms with Gasteiger partial charge in [-0.25, -0.2) is 8.78 Å². The molecule has 0 saturated heterocycles. The molecule has 0 fully saturated rings. The molecule has 26 heavy (non-hydrogen) atoms. The van der Waals surface area contributed by atoms with Crippen molar-refractivity contribution in [2.75, 3.05) is 0 Å². The normalized spacial score (nSPS) is 20.3. The van der Waals surface area contributed by atoms with Crippen LogP contribution in [0.3, 0.4) is 0 Å². The van der Waals surface area contributed by atoms with Crippen LogP contribution in [-0.4, -0.2) is 17.8 Å². The summed E-state index contributed by atoms with van der Waals surface area (Å²) in [6.07, 6.45) is 0. The van der Waals surface area contributed by atoms with Gasteiger partial charge in [0.15, 0.2) is 0 Å². The van der Waals surface area contributed by atoms with Gasteiger partial charge in [-0.15, -0.1) is 11.3 Å². The van der Waals surface area contributed by atoms with Gasteiger partial charge in [-0.05, 0) is 12.1 Å². The predicted molar refractivity (Wildman–Crippen MR) is 83.4 cm³/mol. The highest BCUT2D eigenvalue weighted by Crippen LogP contribution is 2.59. The molecule has 3 aromatic rings. The van der Waals surface area contributed by atoms with E-state index in [2.05, 4.69) is 48.5 Å². The molecule has 0 saturated carbocycles. The van der Waals surface area contributed by atoms with Crippen LogP contribution in [0.5, 0.6) is 0 Å². The number of hydrogen-bond acceptors (Lipinski definition) is 1. The molecule has 2 aromatic carbocycles. The Morgan fingerprint density at radius 3 is 1.23 bits per heavy atom. The smallest absolute Gasteiger partial charge is 0.202 e. The van der Waals surface area contributed by atoms with Gasteiger partial charge >= 0.3 is 17.8 Å². The zero-order valence-corrected chi connectivity index (χ0v) is 13.4. The van der Waals surface area contributed by atoms with Crippen LogP contribution in [0.1, 0.15) is 0 Å². The van der Waals surface area contributed by atoms with Gasteiger partial charge in [0.05, 0.1) is 0 Å². The average molecular weight is 396 g/mol. The zero-order valence-electron chi connectivity index (χ0n) is 12.6. The zero-order chi connectivity index (χ0) is 19.3. The van der Waals surface area contributed by atoms with Gasteiger partial charge in [-0.1, -0.05) is 36.4 Å². The van der Waals surface area contributed by atoms with Crippen LogP contribution < -0.4 is 0 Å². The molecule has 1 aliphatic rings. The van der Waals surface area contributed by atoms with E-state index in [-0.39, 0.29) is 0 Å². The molecule has 1 aliphatic carbocycles. The van der Waals surface area contributed by atoms with E-state index in [1.54, 1.807) is 0 Å². The van der Waals surface area contributed by atoms with Gasteiger partial charge in [-0.2, -0.15) is 26.3 Å². The number of hydrogen-bond donors (Lipinski definition) is 0. The quantitative estimate of drug-likeness (QED) is 0.355. The third-order valence-electron chi connectivity index (χ3n) is 3.82. The summed E-state index contributed by atoms with van der Waals surface area (Å²) < 4.78 is 98.3. The Morgan fingerprint density at radius 2 is 0.923 bits per heavy atom. The topological polar surface area (TPSA) is 0 Å². The first kappa shape index (κ1) is 18.6. The van der Waals surface area contributed by atoms with E-state index in [9.17, 15) is 35.1 Å². The lowest BCUT2D eigenvalue weighted by molar-refractivity contribution is -0.271. The van der Waals surface area contributed by atoms with Crippen LogP contribution in [0.15, 0.2) is 60.2 Å².